The molecule has 8 nitrogen and oxygen atoms in total. The third-order valence-corrected chi connectivity index (χ3v) is 6.40. The summed E-state index contributed by atoms with van der Waals surface area (Å²) in [7, 11) is -3.29. The van der Waals surface area contributed by atoms with Gasteiger partial charge >= 0.3 is 0 Å². The minimum absolute atomic E-state index is 0. The summed E-state index contributed by atoms with van der Waals surface area (Å²) in [5.74, 6) is 2.26. The lowest BCUT2D eigenvalue weighted by atomic mass is 10.2. The molecule has 0 radical (unpaired) electrons. The monoisotopic (exact) mass is 556 g/mol. The first kappa shape index (κ1) is 27.2. The van der Waals surface area contributed by atoms with Gasteiger partial charge in [-0.3, -0.25) is 4.99 Å². The van der Waals surface area contributed by atoms with Gasteiger partial charge in [0.15, 0.2) is 5.96 Å². The van der Waals surface area contributed by atoms with E-state index in [4.69, 9.17) is 14.1 Å². The topological polar surface area (TPSA) is 87.4 Å². The van der Waals surface area contributed by atoms with Crippen molar-refractivity contribution in [3.05, 3.63) is 24.2 Å². The Labute approximate surface area is 198 Å². The molecule has 0 saturated carbocycles. The second-order valence-corrected chi connectivity index (χ2v) is 10.0. The smallest absolute Gasteiger partial charge is 0.216 e. The molecule has 0 spiro atoms. The van der Waals surface area contributed by atoms with Crippen molar-refractivity contribution >= 4 is 40.0 Å². The molecular formula is C20H37IN4O4S. The molecule has 174 valence electrons. The molecule has 1 aromatic heterocycles. The first-order valence-corrected chi connectivity index (χ1v) is 12.0. The van der Waals surface area contributed by atoms with E-state index in [2.05, 4.69) is 24.1 Å². The number of hydrogen-bond donors (Lipinski definition) is 1. The first-order valence-electron chi connectivity index (χ1n) is 10.4. The summed E-state index contributed by atoms with van der Waals surface area (Å²) in [5.41, 5.74) is 0. The van der Waals surface area contributed by atoms with Crippen LogP contribution in [0.15, 0.2) is 27.8 Å². The van der Waals surface area contributed by atoms with Gasteiger partial charge in [0, 0.05) is 45.7 Å². The summed E-state index contributed by atoms with van der Waals surface area (Å²) in [6.45, 7) is 11.9. The summed E-state index contributed by atoms with van der Waals surface area (Å²) >= 11 is 0. The molecule has 1 saturated heterocycles. The standard InChI is InChI=1S/C20H36N4O4S.HI/c1-17(2)16-22-20(21-8-7-19-6-5-13-28-19)23-9-11-24(12-10-23)29(25,26)15-14-27-18(3)4;/h5-6,13,17-18H,7-12,14-16H2,1-4H3,(H,21,22);1H. The Morgan fingerprint density at radius 1 is 1.23 bits per heavy atom. The number of guanidine groups is 1. The molecular weight excluding hydrogens is 519 g/mol. The molecule has 0 aliphatic carbocycles. The number of halogens is 1. The Morgan fingerprint density at radius 2 is 1.93 bits per heavy atom. The zero-order chi connectivity index (χ0) is 21.3. The van der Waals surface area contributed by atoms with Crippen molar-refractivity contribution in [2.75, 3.05) is 51.6 Å². The van der Waals surface area contributed by atoms with Crippen molar-refractivity contribution in [3.8, 4) is 0 Å². The molecule has 0 amide bonds. The van der Waals surface area contributed by atoms with Crippen LogP contribution in [0.25, 0.3) is 0 Å². The highest BCUT2D eigenvalue weighted by Gasteiger charge is 2.28. The molecule has 1 aromatic rings. The van der Waals surface area contributed by atoms with E-state index in [-0.39, 0.29) is 42.4 Å². The van der Waals surface area contributed by atoms with Crippen LogP contribution in [0.4, 0.5) is 0 Å². The third kappa shape index (κ3) is 9.52. The highest BCUT2D eigenvalue weighted by Crippen LogP contribution is 2.10. The first-order chi connectivity index (χ1) is 13.8. The van der Waals surface area contributed by atoms with Crippen LogP contribution in [0.3, 0.4) is 0 Å². The van der Waals surface area contributed by atoms with Crippen LogP contribution in [0.5, 0.6) is 0 Å². The maximum Gasteiger partial charge on any atom is 0.216 e. The lowest BCUT2D eigenvalue weighted by molar-refractivity contribution is 0.0904. The van der Waals surface area contributed by atoms with Crippen LogP contribution >= 0.6 is 24.0 Å². The van der Waals surface area contributed by atoms with Crippen molar-refractivity contribution in [2.45, 2.75) is 40.2 Å². The molecule has 0 atom stereocenters. The Morgan fingerprint density at radius 3 is 2.50 bits per heavy atom. The molecule has 1 aliphatic heterocycles. The molecule has 0 aromatic carbocycles. The predicted molar refractivity (Wildman–Crippen MR) is 131 cm³/mol. The van der Waals surface area contributed by atoms with E-state index >= 15 is 0 Å². The largest absolute Gasteiger partial charge is 0.469 e. The average Bonchev–Trinajstić information content (AvgIpc) is 3.17. The quantitative estimate of drug-likeness (QED) is 0.271. The number of nitrogens with zero attached hydrogens (tertiary/aromatic N) is 3. The van der Waals surface area contributed by atoms with Crippen molar-refractivity contribution in [1.29, 1.82) is 0 Å². The minimum Gasteiger partial charge on any atom is -0.469 e. The fraction of sp³-hybridized carbons (Fsp3) is 0.750. The molecule has 1 aliphatic rings. The van der Waals surface area contributed by atoms with Gasteiger partial charge in [0.25, 0.3) is 0 Å². The summed E-state index contributed by atoms with van der Waals surface area (Å²) in [4.78, 5) is 6.87. The zero-order valence-electron chi connectivity index (χ0n) is 18.5. The number of aliphatic imine (C=N–C) groups is 1. The van der Waals surface area contributed by atoms with E-state index in [1.165, 1.54) is 0 Å². The molecule has 0 unspecified atom stereocenters. The van der Waals surface area contributed by atoms with Crippen molar-refractivity contribution in [1.82, 2.24) is 14.5 Å². The van der Waals surface area contributed by atoms with Gasteiger partial charge in [-0.2, -0.15) is 4.31 Å². The lowest BCUT2D eigenvalue weighted by Gasteiger charge is -2.36. The van der Waals surface area contributed by atoms with E-state index in [0.717, 1.165) is 31.2 Å². The van der Waals surface area contributed by atoms with Gasteiger partial charge in [0.1, 0.15) is 5.76 Å². The van der Waals surface area contributed by atoms with Gasteiger partial charge in [-0.15, -0.1) is 24.0 Å². The highest BCUT2D eigenvalue weighted by atomic mass is 127. The van der Waals surface area contributed by atoms with E-state index in [0.29, 0.717) is 32.1 Å². The number of hydrogen-bond acceptors (Lipinski definition) is 5. The molecule has 10 heteroatoms. The molecule has 2 rings (SSSR count). The molecule has 1 fully saturated rings. The number of furan rings is 1. The summed E-state index contributed by atoms with van der Waals surface area (Å²) in [6.07, 6.45) is 2.49. The molecule has 2 heterocycles. The Balaban J connectivity index is 0.00000450. The van der Waals surface area contributed by atoms with Crippen LogP contribution < -0.4 is 5.32 Å². The SMILES string of the molecule is CC(C)CN=C(NCCc1ccco1)N1CCN(S(=O)(=O)CCOC(C)C)CC1.I. The van der Waals surface area contributed by atoms with Crippen LogP contribution in [-0.2, 0) is 21.2 Å². The maximum atomic E-state index is 12.5. The van der Waals surface area contributed by atoms with Gasteiger partial charge in [-0.25, -0.2) is 8.42 Å². The fourth-order valence-corrected chi connectivity index (χ4v) is 4.27. The van der Waals surface area contributed by atoms with Gasteiger partial charge < -0.3 is 19.4 Å². The average molecular weight is 557 g/mol. The molecule has 1 N–H and O–H groups in total. The summed E-state index contributed by atoms with van der Waals surface area (Å²) in [6, 6.07) is 3.84. The lowest BCUT2D eigenvalue weighted by Crippen LogP contribution is -2.54. The summed E-state index contributed by atoms with van der Waals surface area (Å²) in [5, 5.41) is 3.41. The Bertz CT molecular complexity index is 715. The summed E-state index contributed by atoms with van der Waals surface area (Å²) < 4.78 is 37.4. The predicted octanol–water partition coefficient (Wildman–Crippen LogP) is 2.41. The fourth-order valence-electron chi connectivity index (χ4n) is 2.99. The van der Waals surface area contributed by atoms with E-state index in [9.17, 15) is 8.42 Å². The number of piperazine rings is 1. The molecule has 30 heavy (non-hydrogen) atoms. The van der Waals surface area contributed by atoms with Gasteiger partial charge in [0.05, 0.1) is 24.7 Å². The van der Waals surface area contributed by atoms with Crippen LogP contribution in [0.1, 0.15) is 33.5 Å². The number of sulfonamides is 1. The van der Waals surface area contributed by atoms with E-state index in [1.54, 1.807) is 10.6 Å². The van der Waals surface area contributed by atoms with E-state index in [1.807, 2.05) is 26.0 Å². The highest BCUT2D eigenvalue weighted by molar-refractivity contribution is 14.0. The van der Waals surface area contributed by atoms with E-state index < -0.39 is 10.0 Å². The number of ether oxygens (including phenoxy) is 1. The van der Waals surface area contributed by atoms with Gasteiger partial charge in [-0.05, 0) is 31.9 Å². The van der Waals surface area contributed by atoms with Crippen LogP contribution in [0.2, 0.25) is 0 Å². The van der Waals surface area contributed by atoms with Crippen LogP contribution in [-0.4, -0.2) is 81.3 Å². The molecule has 0 bridgehead atoms. The number of rotatable bonds is 10. The third-order valence-electron chi connectivity index (χ3n) is 4.56. The van der Waals surface area contributed by atoms with Gasteiger partial charge in [0.2, 0.25) is 10.0 Å². The zero-order valence-corrected chi connectivity index (χ0v) is 21.7. The normalized spacial score (nSPS) is 16.2. The Kier molecular flexibility index (Phi) is 12.3. The second kappa shape index (κ2) is 13.5. The second-order valence-electron chi connectivity index (χ2n) is 7.94. The van der Waals surface area contributed by atoms with Crippen molar-refractivity contribution < 1.29 is 17.6 Å². The van der Waals surface area contributed by atoms with Crippen molar-refractivity contribution in [3.63, 3.8) is 0 Å². The number of nitrogens with one attached hydrogen (secondary N) is 1. The minimum atomic E-state index is -3.29. The maximum absolute atomic E-state index is 12.5. The van der Waals surface area contributed by atoms with Crippen LogP contribution in [0, 0.1) is 5.92 Å². The van der Waals surface area contributed by atoms with Gasteiger partial charge in [-0.1, -0.05) is 13.8 Å². The Hall–Kier alpha value is -0.850. The van der Waals surface area contributed by atoms with Crippen molar-refractivity contribution in [2.24, 2.45) is 10.9 Å².